The van der Waals surface area contributed by atoms with E-state index in [0.717, 1.165) is 11.1 Å². The van der Waals surface area contributed by atoms with Crippen molar-refractivity contribution in [3.63, 3.8) is 0 Å². The number of alkyl carbamates (subject to hydrolysis) is 2. The van der Waals surface area contributed by atoms with Gasteiger partial charge in [-0.2, -0.15) is 0 Å². The van der Waals surface area contributed by atoms with Gasteiger partial charge in [0.15, 0.2) is 5.54 Å². The fraction of sp³-hybridized carbons (Fsp3) is 0.304. The molecule has 0 aliphatic carbocycles. The first-order valence-electron chi connectivity index (χ1n) is 10.3. The van der Waals surface area contributed by atoms with Gasteiger partial charge in [0.2, 0.25) is 5.91 Å². The molecule has 2 aromatic carbocycles. The van der Waals surface area contributed by atoms with Gasteiger partial charge in [-0.1, -0.05) is 60.7 Å². The predicted molar refractivity (Wildman–Crippen MR) is 116 cm³/mol. The Morgan fingerprint density at radius 3 is 1.97 bits per heavy atom. The van der Waals surface area contributed by atoms with Gasteiger partial charge in [0.05, 0.1) is 6.54 Å². The molecule has 1 saturated heterocycles. The highest BCUT2D eigenvalue weighted by Crippen LogP contribution is 2.22. The molecule has 0 saturated carbocycles. The summed E-state index contributed by atoms with van der Waals surface area (Å²) in [6, 6.07) is 18.0. The quantitative estimate of drug-likeness (QED) is 0.553. The molecule has 3 amide bonds. The number of nitrogens with one attached hydrogen (secondary N) is 2. The van der Waals surface area contributed by atoms with Crippen molar-refractivity contribution < 1.29 is 33.8 Å². The van der Waals surface area contributed by atoms with Crippen LogP contribution < -0.4 is 10.6 Å². The molecule has 1 aliphatic heterocycles. The van der Waals surface area contributed by atoms with Gasteiger partial charge in [-0.25, -0.2) is 14.4 Å². The number of ether oxygens (including phenoxy) is 2. The Morgan fingerprint density at radius 1 is 0.879 bits per heavy atom. The third kappa shape index (κ3) is 6.70. The van der Waals surface area contributed by atoms with E-state index in [-0.39, 0.29) is 39.3 Å². The van der Waals surface area contributed by atoms with E-state index in [1.807, 2.05) is 24.3 Å². The maximum atomic E-state index is 12.4. The van der Waals surface area contributed by atoms with Crippen LogP contribution >= 0.6 is 0 Å². The highest BCUT2D eigenvalue weighted by molar-refractivity contribution is 5.88. The standard InChI is InChI=1S/C23H25N3O7/c27-19(13-24-21(30)32-14-17-7-3-1-4-8-17)26-12-11-23(16-26,20(28)29)25-22(31)33-15-18-9-5-2-6-10-18/h1-10H,11-16H2,(H,24,30)(H,25,31)(H,28,29). The van der Waals surface area contributed by atoms with Crippen LogP contribution in [0.4, 0.5) is 9.59 Å². The minimum Gasteiger partial charge on any atom is -0.479 e. The first-order valence-corrected chi connectivity index (χ1v) is 10.3. The van der Waals surface area contributed by atoms with Crippen molar-refractivity contribution in [2.75, 3.05) is 19.6 Å². The smallest absolute Gasteiger partial charge is 0.408 e. The minimum atomic E-state index is -1.67. The van der Waals surface area contributed by atoms with Crippen LogP contribution in [0, 0.1) is 0 Å². The first-order chi connectivity index (χ1) is 15.9. The fourth-order valence-corrected chi connectivity index (χ4v) is 3.34. The van der Waals surface area contributed by atoms with E-state index in [1.165, 1.54) is 4.90 Å². The summed E-state index contributed by atoms with van der Waals surface area (Å²) in [5.74, 6) is -1.76. The zero-order valence-electron chi connectivity index (χ0n) is 17.9. The molecule has 1 heterocycles. The summed E-state index contributed by atoms with van der Waals surface area (Å²) in [4.78, 5) is 49.6. The van der Waals surface area contributed by atoms with Crippen LogP contribution in [0.25, 0.3) is 0 Å². The molecule has 0 radical (unpaired) electrons. The minimum absolute atomic E-state index is 0.00691. The Bertz CT molecular complexity index is 984. The summed E-state index contributed by atoms with van der Waals surface area (Å²) in [5, 5.41) is 14.4. The first kappa shape index (κ1) is 23.6. The number of carbonyl (C=O) groups excluding carboxylic acids is 3. The van der Waals surface area contributed by atoms with E-state index >= 15 is 0 Å². The summed E-state index contributed by atoms with van der Waals surface area (Å²) in [6.45, 7) is -0.462. The molecule has 2 aromatic rings. The topological polar surface area (TPSA) is 134 Å². The third-order valence-corrected chi connectivity index (χ3v) is 5.18. The number of carboxylic acids is 1. The largest absolute Gasteiger partial charge is 0.479 e. The van der Waals surface area contributed by atoms with E-state index in [1.54, 1.807) is 36.4 Å². The van der Waals surface area contributed by atoms with Gasteiger partial charge in [-0.05, 0) is 11.1 Å². The molecule has 0 spiro atoms. The van der Waals surface area contributed by atoms with E-state index in [0.29, 0.717) is 0 Å². The lowest BCUT2D eigenvalue weighted by molar-refractivity contribution is -0.144. The number of carbonyl (C=O) groups is 4. The molecular weight excluding hydrogens is 430 g/mol. The zero-order valence-corrected chi connectivity index (χ0v) is 17.9. The monoisotopic (exact) mass is 455 g/mol. The molecule has 1 atom stereocenters. The summed E-state index contributed by atoms with van der Waals surface area (Å²) < 4.78 is 10.2. The molecule has 3 rings (SSSR count). The number of benzene rings is 2. The number of likely N-dealkylation sites (tertiary alicyclic amines) is 1. The molecule has 3 N–H and O–H groups in total. The van der Waals surface area contributed by atoms with Gasteiger partial charge in [0.25, 0.3) is 0 Å². The van der Waals surface area contributed by atoms with Crippen molar-refractivity contribution in [2.45, 2.75) is 25.2 Å². The van der Waals surface area contributed by atoms with E-state index in [4.69, 9.17) is 9.47 Å². The van der Waals surface area contributed by atoms with Crippen LogP contribution in [0.15, 0.2) is 60.7 Å². The van der Waals surface area contributed by atoms with Crippen molar-refractivity contribution in [3.05, 3.63) is 71.8 Å². The molecule has 10 heteroatoms. The number of amides is 3. The average molecular weight is 455 g/mol. The Labute approximate surface area is 190 Å². The fourth-order valence-electron chi connectivity index (χ4n) is 3.34. The number of hydrogen-bond donors (Lipinski definition) is 3. The summed E-state index contributed by atoms with van der Waals surface area (Å²) >= 11 is 0. The van der Waals surface area contributed by atoms with Crippen LogP contribution in [-0.4, -0.2) is 59.2 Å². The molecule has 10 nitrogen and oxygen atoms in total. The summed E-state index contributed by atoms with van der Waals surface area (Å²) in [5.41, 5.74) is -0.113. The maximum absolute atomic E-state index is 12.4. The highest BCUT2D eigenvalue weighted by atomic mass is 16.6. The van der Waals surface area contributed by atoms with Crippen molar-refractivity contribution in [2.24, 2.45) is 0 Å². The van der Waals surface area contributed by atoms with Gasteiger partial charge in [-0.15, -0.1) is 0 Å². The number of carboxylic acid groups (broad SMARTS) is 1. The maximum Gasteiger partial charge on any atom is 0.408 e. The second kappa shape index (κ2) is 11.0. The Morgan fingerprint density at radius 2 is 1.42 bits per heavy atom. The number of nitrogens with zero attached hydrogens (tertiary/aromatic N) is 1. The van der Waals surface area contributed by atoms with E-state index < -0.39 is 29.6 Å². The van der Waals surface area contributed by atoms with Crippen LogP contribution in [-0.2, 0) is 32.3 Å². The van der Waals surface area contributed by atoms with E-state index in [2.05, 4.69) is 10.6 Å². The van der Waals surface area contributed by atoms with Crippen molar-refractivity contribution in [3.8, 4) is 0 Å². The number of aliphatic carboxylic acids is 1. The molecule has 33 heavy (non-hydrogen) atoms. The lowest BCUT2D eigenvalue weighted by atomic mass is 9.99. The molecule has 1 fully saturated rings. The SMILES string of the molecule is O=C(NCC(=O)N1CCC(NC(=O)OCc2ccccc2)(C(=O)O)C1)OCc1ccccc1. The predicted octanol–water partition coefficient (Wildman–Crippen LogP) is 1.89. The van der Waals surface area contributed by atoms with Crippen LogP contribution in [0.5, 0.6) is 0 Å². The summed E-state index contributed by atoms with van der Waals surface area (Å²) in [7, 11) is 0. The van der Waals surface area contributed by atoms with Crippen molar-refractivity contribution >= 4 is 24.1 Å². The van der Waals surface area contributed by atoms with Gasteiger partial charge >= 0.3 is 18.2 Å². The van der Waals surface area contributed by atoms with Crippen LogP contribution in [0.1, 0.15) is 17.5 Å². The van der Waals surface area contributed by atoms with E-state index in [9.17, 15) is 24.3 Å². The normalized spacial score (nSPS) is 17.2. The lowest BCUT2D eigenvalue weighted by Crippen LogP contribution is -2.57. The van der Waals surface area contributed by atoms with Gasteiger partial charge in [0, 0.05) is 13.0 Å². The zero-order chi connectivity index (χ0) is 23.7. The molecule has 0 aromatic heterocycles. The molecule has 0 bridgehead atoms. The van der Waals surface area contributed by atoms with Crippen molar-refractivity contribution in [1.29, 1.82) is 0 Å². The second-order valence-corrected chi connectivity index (χ2v) is 7.55. The Balaban J connectivity index is 1.46. The molecule has 1 aliphatic rings. The third-order valence-electron chi connectivity index (χ3n) is 5.18. The van der Waals surface area contributed by atoms with Crippen LogP contribution in [0.3, 0.4) is 0 Å². The van der Waals surface area contributed by atoms with Gasteiger partial charge in [0.1, 0.15) is 19.8 Å². The number of hydrogen-bond acceptors (Lipinski definition) is 6. The van der Waals surface area contributed by atoms with Crippen molar-refractivity contribution in [1.82, 2.24) is 15.5 Å². The average Bonchev–Trinajstić information content (AvgIpc) is 3.27. The molecule has 174 valence electrons. The molecule has 1 unspecified atom stereocenters. The van der Waals surface area contributed by atoms with Crippen LogP contribution in [0.2, 0.25) is 0 Å². The Hall–Kier alpha value is -4.08. The van der Waals surface area contributed by atoms with Gasteiger partial charge in [-0.3, -0.25) is 4.79 Å². The Kier molecular flexibility index (Phi) is 7.85. The lowest BCUT2D eigenvalue weighted by Gasteiger charge is -2.25. The highest BCUT2D eigenvalue weighted by Gasteiger charge is 2.48. The summed E-state index contributed by atoms with van der Waals surface area (Å²) in [6.07, 6.45) is -1.65. The second-order valence-electron chi connectivity index (χ2n) is 7.55. The number of rotatable bonds is 8. The molecular formula is C23H25N3O7. The van der Waals surface area contributed by atoms with Gasteiger partial charge < -0.3 is 30.1 Å².